The summed E-state index contributed by atoms with van der Waals surface area (Å²) in [5, 5.41) is 2.95. The molecular weight excluding hydrogens is 290 g/mol. The van der Waals surface area contributed by atoms with Crippen LogP contribution in [-0.4, -0.2) is 18.6 Å². The number of nitrogens with one attached hydrogen (secondary N) is 1. The van der Waals surface area contributed by atoms with Crippen molar-refractivity contribution < 1.29 is 14.3 Å². The van der Waals surface area contributed by atoms with Gasteiger partial charge in [0.2, 0.25) is 0 Å². The molecule has 0 spiro atoms. The van der Waals surface area contributed by atoms with Crippen LogP contribution in [0.25, 0.3) is 0 Å². The molecule has 0 saturated carbocycles. The summed E-state index contributed by atoms with van der Waals surface area (Å²) in [7, 11) is 0. The Bertz CT molecular complexity index is 687. The number of ether oxygens (including phenoxy) is 2. The number of amides is 1. The average molecular weight is 311 g/mol. The van der Waals surface area contributed by atoms with Gasteiger partial charge in [0.05, 0.1) is 6.61 Å². The highest BCUT2D eigenvalue weighted by molar-refractivity contribution is 5.95. The summed E-state index contributed by atoms with van der Waals surface area (Å²) >= 11 is 0. The molecule has 1 aliphatic heterocycles. The molecule has 1 amide bonds. The van der Waals surface area contributed by atoms with Crippen LogP contribution in [0.3, 0.4) is 0 Å². The first-order valence-corrected chi connectivity index (χ1v) is 7.96. The van der Waals surface area contributed by atoms with E-state index in [2.05, 4.69) is 12.2 Å². The van der Waals surface area contributed by atoms with E-state index in [0.717, 1.165) is 34.7 Å². The van der Waals surface area contributed by atoms with Crippen molar-refractivity contribution in [1.82, 2.24) is 0 Å². The largest absolute Gasteiger partial charge is 0.494 e. The van der Waals surface area contributed by atoms with Gasteiger partial charge in [-0.25, -0.2) is 0 Å². The standard InChI is InChI=1S/C19H21NO3/c1-3-10-22-15-8-9-16(13(2)11-15)20-19(21)18-12-14-6-4-5-7-17(14)23-18/h4-9,11,18H,3,10,12H2,1-2H3,(H,20,21). The Morgan fingerprint density at radius 3 is 2.87 bits per heavy atom. The quantitative estimate of drug-likeness (QED) is 0.915. The average Bonchev–Trinajstić information content (AvgIpc) is 2.99. The first-order chi connectivity index (χ1) is 11.2. The van der Waals surface area contributed by atoms with Crippen molar-refractivity contribution in [1.29, 1.82) is 0 Å². The summed E-state index contributed by atoms with van der Waals surface area (Å²) in [6.07, 6.45) is 1.11. The van der Waals surface area contributed by atoms with Gasteiger partial charge in [-0.2, -0.15) is 0 Å². The lowest BCUT2D eigenvalue weighted by Gasteiger charge is -2.14. The van der Waals surface area contributed by atoms with Gasteiger partial charge in [-0.1, -0.05) is 25.1 Å². The number of aryl methyl sites for hydroxylation is 1. The molecule has 0 aliphatic carbocycles. The molecule has 1 aliphatic rings. The van der Waals surface area contributed by atoms with Crippen LogP contribution in [0.2, 0.25) is 0 Å². The minimum Gasteiger partial charge on any atom is -0.494 e. The van der Waals surface area contributed by atoms with E-state index < -0.39 is 6.10 Å². The van der Waals surface area contributed by atoms with Crippen molar-refractivity contribution in [2.24, 2.45) is 0 Å². The molecule has 0 saturated heterocycles. The van der Waals surface area contributed by atoms with Crippen LogP contribution in [0.1, 0.15) is 24.5 Å². The third-order valence-corrected chi connectivity index (χ3v) is 3.87. The molecule has 4 nitrogen and oxygen atoms in total. The van der Waals surface area contributed by atoms with E-state index in [0.29, 0.717) is 13.0 Å². The Hall–Kier alpha value is -2.49. The van der Waals surface area contributed by atoms with Gasteiger partial charge in [-0.3, -0.25) is 4.79 Å². The molecule has 4 heteroatoms. The Kier molecular flexibility index (Phi) is 4.51. The molecule has 120 valence electrons. The number of hydrogen-bond donors (Lipinski definition) is 1. The second-order valence-electron chi connectivity index (χ2n) is 5.73. The first-order valence-electron chi connectivity index (χ1n) is 7.96. The molecule has 23 heavy (non-hydrogen) atoms. The Balaban J connectivity index is 1.65. The lowest BCUT2D eigenvalue weighted by atomic mass is 10.1. The zero-order chi connectivity index (χ0) is 16.2. The van der Waals surface area contributed by atoms with E-state index in [4.69, 9.17) is 9.47 Å². The third kappa shape index (κ3) is 3.47. The van der Waals surface area contributed by atoms with Gasteiger partial charge in [0.25, 0.3) is 5.91 Å². The summed E-state index contributed by atoms with van der Waals surface area (Å²) < 4.78 is 11.3. The van der Waals surface area contributed by atoms with Crippen LogP contribution < -0.4 is 14.8 Å². The zero-order valence-corrected chi connectivity index (χ0v) is 13.5. The summed E-state index contributed by atoms with van der Waals surface area (Å²) in [5.41, 5.74) is 2.84. The minimum atomic E-state index is -0.470. The second kappa shape index (κ2) is 6.73. The number of fused-ring (bicyclic) bond motifs is 1. The maximum Gasteiger partial charge on any atom is 0.265 e. The molecule has 0 radical (unpaired) electrons. The van der Waals surface area contributed by atoms with E-state index in [-0.39, 0.29) is 5.91 Å². The number of carbonyl (C=O) groups excluding carboxylic acids is 1. The third-order valence-electron chi connectivity index (χ3n) is 3.87. The molecule has 1 atom stereocenters. The lowest BCUT2D eigenvalue weighted by Crippen LogP contribution is -2.31. The fourth-order valence-corrected chi connectivity index (χ4v) is 2.63. The van der Waals surface area contributed by atoms with Crippen molar-refractivity contribution in [3.8, 4) is 11.5 Å². The molecule has 0 fully saturated rings. The minimum absolute atomic E-state index is 0.119. The summed E-state index contributed by atoms with van der Waals surface area (Å²) in [4.78, 5) is 12.4. The van der Waals surface area contributed by atoms with Crippen molar-refractivity contribution in [2.75, 3.05) is 11.9 Å². The van der Waals surface area contributed by atoms with Crippen LogP contribution >= 0.6 is 0 Å². The monoisotopic (exact) mass is 311 g/mol. The van der Waals surface area contributed by atoms with Gasteiger partial charge in [-0.15, -0.1) is 0 Å². The van der Waals surface area contributed by atoms with Gasteiger partial charge in [0.15, 0.2) is 6.10 Å². The second-order valence-corrected chi connectivity index (χ2v) is 5.73. The van der Waals surface area contributed by atoms with Crippen LogP contribution in [0, 0.1) is 6.92 Å². The van der Waals surface area contributed by atoms with E-state index >= 15 is 0 Å². The number of benzene rings is 2. The topological polar surface area (TPSA) is 47.6 Å². The molecular formula is C19H21NO3. The smallest absolute Gasteiger partial charge is 0.265 e. The molecule has 1 N–H and O–H groups in total. The predicted octanol–water partition coefficient (Wildman–Crippen LogP) is 3.73. The maximum atomic E-state index is 12.4. The van der Waals surface area contributed by atoms with Crippen LogP contribution in [0.15, 0.2) is 42.5 Å². The molecule has 1 unspecified atom stereocenters. The summed E-state index contributed by atoms with van der Waals surface area (Å²) in [5.74, 6) is 1.51. The van der Waals surface area contributed by atoms with Gasteiger partial charge in [-0.05, 0) is 48.7 Å². The number of para-hydroxylation sites is 1. The fourth-order valence-electron chi connectivity index (χ4n) is 2.63. The van der Waals surface area contributed by atoms with Crippen molar-refractivity contribution in [3.05, 3.63) is 53.6 Å². The van der Waals surface area contributed by atoms with Crippen molar-refractivity contribution in [3.63, 3.8) is 0 Å². The first kappa shape index (κ1) is 15.4. The normalized spacial score (nSPS) is 15.7. The Morgan fingerprint density at radius 2 is 2.13 bits per heavy atom. The van der Waals surface area contributed by atoms with Crippen molar-refractivity contribution in [2.45, 2.75) is 32.8 Å². The van der Waals surface area contributed by atoms with E-state index in [1.54, 1.807) is 0 Å². The van der Waals surface area contributed by atoms with Crippen molar-refractivity contribution >= 4 is 11.6 Å². The van der Waals surface area contributed by atoms with Crippen LogP contribution in [-0.2, 0) is 11.2 Å². The molecule has 1 heterocycles. The van der Waals surface area contributed by atoms with E-state index in [1.165, 1.54) is 0 Å². The molecule has 0 aromatic heterocycles. The highest BCUT2D eigenvalue weighted by Crippen LogP contribution is 2.29. The van der Waals surface area contributed by atoms with Crippen LogP contribution in [0.4, 0.5) is 5.69 Å². The highest BCUT2D eigenvalue weighted by atomic mass is 16.5. The fraction of sp³-hybridized carbons (Fsp3) is 0.316. The molecule has 3 rings (SSSR count). The summed E-state index contributed by atoms with van der Waals surface area (Å²) in [6.45, 7) is 4.72. The molecule has 2 aromatic rings. The Labute approximate surface area is 136 Å². The molecule has 2 aromatic carbocycles. The molecule has 0 bridgehead atoms. The van der Waals surface area contributed by atoms with Gasteiger partial charge in [0.1, 0.15) is 11.5 Å². The maximum absolute atomic E-state index is 12.4. The van der Waals surface area contributed by atoms with Crippen LogP contribution in [0.5, 0.6) is 11.5 Å². The number of hydrogen-bond acceptors (Lipinski definition) is 3. The summed E-state index contributed by atoms with van der Waals surface area (Å²) in [6, 6.07) is 13.5. The number of rotatable bonds is 5. The lowest BCUT2D eigenvalue weighted by molar-refractivity contribution is -0.122. The number of anilines is 1. The number of carbonyl (C=O) groups is 1. The van der Waals surface area contributed by atoms with E-state index in [9.17, 15) is 4.79 Å². The van der Waals surface area contributed by atoms with E-state index in [1.807, 2.05) is 49.4 Å². The predicted molar refractivity (Wildman–Crippen MR) is 90.2 cm³/mol. The van der Waals surface area contributed by atoms with Gasteiger partial charge < -0.3 is 14.8 Å². The Morgan fingerprint density at radius 1 is 1.30 bits per heavy atom. The SMILES string of the molecule is CCCOc1ccc(NC(=O)C2Cc3ccccc3O2)c(C)c1. The van der Waals surface area contributed by atoms with Gasteiger partial charge in [0, 0.05) is 12.1 Å². The highest BCUT2D eigenvalue weighted by Gasteiger charge is 2.28. The van der Waals surface area contributed by atoms with Gasteiger partial charge >= 0.3 is 0 Å². The zero-order valence-electron chi connectivity index (χ0n) is 13.5.